The Labute approximate surface area is 106 Å². The van der Waals surface area contributed by atoms with E-state index in [0.717, 1.165) is 30.3 Å². The number of hydrogen-bond acceptors (Lipinski definition) is 2. The maximum atomic E-state index is 6.05. The third-order valence-electron chi connectivity index (χ3n) is 2.73. The fraction of sp³-hybridized carbons (Fsp3) is 0.500. The highest BCUT2D eigenvalue weighted by molar-refractivity contribution is 6.35. The number of halogens is 2. The summed E-state index contributed by atoms with van der Waals surface area (Å²) in [6.07, 6.45) is 2.70. The first-order chi connectivity index (χ1) is 7.70. The van der Waals surface area contributed by atoms with Gasteiger partial charge in [0, 0.05) is 17.1 Å². The topological polar surface area (TPSA) is 21.3 Å². The fourth-order valence-corrected chi connectivity index (χ4v) is 2.32. The molecular weight excluding hydrogens is 245 g/mol. The zero-order chi connectivity index (χ0) is 11.5. The van der Waals surface area contributed by atoms with Gasteiger partial charge in [-0.3, -0.25) is 0 Å². The van der Waals surface area contributed by atoms with E-state index in [1.165, 1.54) is 12.8 Å². The molecule has 1 aliphatic carbocycles. The van der Waals surface area contributed by atoms with Crippen molar-refractivity contribution >= 4 is 23.2 Å². The summed E-state index contributed by atoms with van der Waals surface area (Å²) in [5.41, 5.74) is 1.01. The average Bonchev–Trinajstić information content (AvgIpc) is 3.01. The van der Waals surface area contributed by atoms with Crippen molar-refractivity contribution in [3.63, 3.8) is 0 Å². The molecule has 0 saturated heterocycles. The van der Waals surface area contributed by atoms with Crippen LogP contribution in [0.25, 0.3) is 0 Å². The van der Waals surface area contributed by atoms with E-state index in [0.29, 0.717) is 10.0 Å². The molecule has 1 saturated carbocycles. The van der Waals surface area contributed by atoms with E-state index in [1.807, 2.05) is 6.07 Å². The summed E-state index contributed by atoms with van der Waals surface area (Å²) in [7, 11) is 1.62. The van der Waals surface area contributed by atoms with Gasteiger partial charge in [-0.15, -0.1) is 0 Å². The quantitative estimate of drug-likeness (QED) is 0.874. The van der Waals surface area contributed by atoms with Gasteiger partial charge in [0.05, 0.1) is 12.1 Å². The summed E-state index contributed by atoms with van der Waals surface area (Å²) in [5, 5.41) is 4.61. The number of rotatable bonds is 5. The van der Waals surface area contributed by atoms with Crippen molar-refractivity contribution in [3.05, 3.63) is 27.7 Å². The van der Waals surface area contributed by atoms with Crippen LogP contribution >= 0.6 is 23.2 Å². The number of nitrogens with one attached hydrogen (secondary N) is 1. The molecule has 1 aliphatic rings. The molecule has 0 amide bonds. The van der Waals surface area contributed by atoms with Gasteiger partial charge in [0.2, 0.25) is 0 Å². The van der Waals surface area contributed by atoms with Gasteiger partial charge in [-0.05, 0) is 37.4 Å². The molecule has 0 unspecified atom stereocenters. The van der Waals surface area contributed by atoms with E-state index in [-0.39, 0.29) is 0 Å². The Morgan fingerprint density at radius 2 is 2.12 bits per heavy atom. The molecule has 2 rings (SSSR count). The number of benzene rings is 1. The highest BCUT2D eigenvalue weighted by Crippen LogP contribution is 2.32. The number of ether oxygens (including phenoxy) is 1. The van der Waals surface area contributed by atoms with Crippen LogP contribution < -0.4 is 10.1 Å². The minimum atomic E-state index is 0.568. The lowest BCUT2D eigenvalue weighted by molar-refractivity contribution is 0.407. The first kappa shape index (κ1) is 12.0. The second kappa shape index (κ2) is 5.26. The SMILES string of the molecule is COc1c(Cl)cc(Cl)cc1CNCC1CC1. The molecule has 1 aromatic rings. The Bertz CT molecular complexity index is 378. The number of methoxy groups -OCH3 is 1. The van der Waals surface area contributed by atoms with Crippen LogP contribution in [0.4, 0.5) is 0 Å². The molecule has 0 spiro atoms. The van der Waals surface area contributed by atoms with E-state index in [2.05, 4.69) is 5.32 Å². The van der Waals surface area contributed by atoms with Crippen molar-refractivity contribution in [1.29, 1.82) is 0 Å². The van der Waals surface area contributed by atoms with E-state index in [1.54, 1.807) is 13.2 Å². The average molecular weight is 260 g/mol. The molecule has 0 heterocycles. The second-order valence-corrected chi connectivity index (χ2v) is 5.00. The monoisotopic (exact) mass is 259 g/mol. The van der Waals surface area contributed by atoms with Crippen molar-refractivity contribution in [2.24, 2.45) is 5.92 Å². The Kier molecular flexibility index (Phi) is 3.95. The minimum Gasteiger partial charge on any atom is -0.495 e. The number of hydrogen-bond donors (Lipinski definition) is 1. The van der Waals surface area contributed by atoms with Crippen molar-refractivity contribution in [3.8, 4) is 5.75 Å². The zero-order valence-electron chi connectivity index (χ0n) is 9.22. The van der Waals surface area contributed by atoms with Gasteiger partial charge in [-0.2, -0.15) is 0 Å². The molecule has 0 atom stereocenters. The Morgan fingerprint density at radius 3 is 2.75 bits per heavy atom. The van der Waals surface area contributed by atoms with Crippen LogP contribution in [-0.4, -0.2) is 13.7 Å². The first-order valence-electron chi connectivity index (χ1n) is 5.43. The van der Waals surface area contributed by atoms with Crippen LogP contribution in [0.1, 0.15) is 18.4 Å². The Morgan fingerprint density at radius 1 is 1.38 bits per heavy atom. The lowest BCUT2D eigenvalue weighted by atomic mass is 10.2. The minimum absolute atomic E-state index is 0.568. The molecule has 16 heavy (non-hydrogen) atoms. The summed E-state index contributed by atoms with van der Waals surface area (Å²) in [6, 6.07) is 3.60. The third kappa shape index (κ3) is 3.03. The van der Waals surface area contributed by atoms with Gasteiger partial charge in [0.1, 0.15) is 5.75 Å². The van der Waals surface area contributed by atoms with Gasteiger partial charge < -0.3 is 10.1 Å². The van der Waals surface area contributed by atoms with Gasteiger partial charge >= 0.3 is 0 Å². The van der Waals surface area contributed by atoms with Gasteiger partial charge in [0.25, 0.3) is 0 Å². The molecule has 1 fully saturated rings. The lowest BCUT2D eigenvalue weighted by Gasteiger charge is -2.11. The molecule has 1 aromatic carbocycles. The zero-order valence-corrected chi connectivity index (χ0v) is 10.7. The van der Waals surface area contributed by atoms with E-state index in [9.17, 15) is 0 Å². The first-order valence-corrected chi connectivity index (χ1v) is 6.19. The van der Waals surface area contributed by atoms with E-state index < -0.39 is 0 Å². The van der Waals surface area contributed by atoms with Gasteiger partial charge in [-0.25, -0.2) is 0 Å². The molecule has 1 N–H and O–H groups in total. The molecule has 0 radical (unpaired) electrons. The van der Waals surface area contributed by atoms with Crippen LogP contribution in [0.15, 0.2) is 12.1 Å². The molecule has 2 nitrogen and oxygen atoms in total. The Balaban J connectivity index is 2.04. The van der Waals surface area contributed by atoms with Crippen LogP contribution in [-0.2, 0) is 6.54 Å². The molecule has 0 bridgehead atoms. The maximum Gasteiger partial charge on any atom is 0.142 e. The summed E-state index contributed by atoms with van der Waals surface area (Å²) in [4.78, 5) is 0. The van der Waals surface area contributed by atoms with Gasteiger partial charge in [-0.1, -0.05) is 23.2 Å². The van der Waals surface area contributed by atoms with E-state index >= 15 is 0 Å². The molecular formula is C12H15Cl2NO. The maximum absolute atomic E-state index is 6.05. The lowest BCUT2D eigenvalue weighted by Crippen LogP contribution is -2.16. The summed E-state index contributed by atoms with van der Waals surface area (Å²) in [6.45, 7) is 1.81. The van der Waals surface area contributed by atoms with Gasteiger partial charge in [0.15, 0.2) is 0 Å². The predicted molar refractivity (Wildman–Crippen MR) is 67.4 cm³/mol. The predicted octanol–water partition coefficient (Wildman–Crippen LogP) is 3.50. The second-order valence-electron chi connectivity index (χ2n) is 4.15. The van der Waals surface area contributed by atoms with Crippen molar-refractivity contribution in [2.45, 2.75) is 19.4 Å². The smallest absolute Gasteiger partial charge is 0.142 e. The standard InChI is InChI=1S/C12H15Cl2NO/c1-16-12-9(4-10(13)5-11(12)14)7-15-6-8-2-3-8/h4-5,8,15H,2-3,6-7H2,1H3. The summed E-state index contributed by atoms with van der Waals surface area (Å²) < 4.78 is 5.27. The van der Waals surface area contributed by atoms with Crippen LogP contribution in [0.5, 0.6) is 5.75 Å². The normalized spacial score (nSPS) is 15.2. The molecule has 4 heteroatoms. The third-order valence-corrected chi connectivity index (χ3v) is 3.23. The van der Waals surface area contributed by atoms with Crippen molar-refractivity contribution in [1.82, 2.24) is 5.32 Å². The molecule has 0 aromatic heterocycles. The van der Waals surface area contributed by atoms with Crippen LogP contribution in [0.3, 0.4) is 0 Å². The van der Waals surface area contributed by atoms with Crippen molar-refractivity contribution < 1.29 is 4.74 Å². The molecule has 0 aliphatic heterocycles. The van der Waals surface area contributed by atoms with Crippen LogP contribution in [0, 0.1) is 5.92 Å². The Hall–Kier alpha value is -0.440. The summed E-state index contributed by atoms with van der Waals surface area (Å²) in [5.74, 6) is 1.58. The van der Waals surface area contributed by atoms with E-state index in [4.69, 9.17) is 27.9 Å². The largest absolute Gasteiger partial charge is 0.495 e. The molecule has 88 valence electrons. The highest BCUT2D eigenvalue weighted by Gasteiger charge is 2.20. The van der Waals surface area contributed by atoms with Crippen LogP contribution in [0.2, 0.25) is 10.0 Å². The highest BCUT2D eigenvalue weighted by atomic mass is 35.5. The van der Waals surface area contributed by atoms with Crippen molar-refractivity contribution in [2.75, 3.05) is 13.7 Å². The fourth-order valence-electron chi connectivity index (χ4n) is 1.71. The summed E-state index contributed by atoms with van der Waals surface area (Å²) >= 11 is 12.0.